The first-order valence-corrected chi connectivity index (χ1v) is 8.98. The van der Waals surface area contributed by atoms with Crippen LogP contribution in [0.25, 0.3) is 0 Å². The van der Waals surface area contributed by atoms with Gasteiger partial charge in [0.15, 0.2) is 0 Å². The quantitative estimate of drug-likeness (QED) is 0.768. The maximum absolute atomic E-state index is 12.1. The number of sulfonamides is 1. The van der Waals surface area contributed by atoms with E-state index in [4.69, 9.17) is 17.0 Å². The zero-order chi connectivity index (χ0) is 15.2. The third kappa shape index (κ3) is 5.10. The van der Waals surface area contributed by atoms with Gasteiger partial charge in [-0.25, -0.2) is 12.7 Å². The van der Waals surface area contributed by atoms with Gasteiger partial charge in [0.05, 0.1) is 24.3 Å². The molecule has 110 valence electrons. The lowest BCUT2D eigenvalue weighted by Crippen LogP contribution is -2.37. The van der Waals surface area contributed by atoms with E-state index < -0.39 is 15.9 Å². The summed E-state index contributed by atoms with van der Waals surface area (Å²) in [6.45, 7) is 2.19. The topological polar surface area (TPSA) is 63.7 Å². The molecule has 0 N–H and O–H groups in total. The van der Waals surface area contributed by atoms with Gasteiger partial charge in [-0.2, -0.15) is 0 Å². The number of hydrogen-bond donors (Lipinski definition) is 0. The van der Waals surface area contributed by atoms with Crippen LogP contribution in [-0.2, 0) is 19.6 Å². The molecule has 20 heavy (non-hydrogen) atoms. The highest BCUT2D eigenvalue weighted by Crippen LogP contribution is 2.19. The number of hydrogen-bond acceptors (Lipinski definition) is 6. The third-order valence-electron chi connectivity index (χ3n) is 2.12. The number of carbonyl (C=O) groups is 1. The Bertz CT molecular complexity index is 572. The first-order valence-electron chi connectivity index (χ1n) is 5.74. The van der Waals surface area contributed by atoms with Gasteiger partial charge in [0.1, 0.15) is 0 Å². The number of thioether (sulfide) groups is 1. The minimum absolute atomic E-state index is 0.0964. The Morgan fingerprint density at radius 1 is 1.35 bits per heavy atom. The van der Waals surface area contributed by atoms with Crippen molar-refractivity contribution in [3.05, 3.63) is 30.3 Å². The van der Waals surface area contributed by atoms with Gasteiger partial charge < -0.3 is 4.74 Å². The van der Waals surface area contributed by atoms with Crippen molar-refractivity contribution in [1.29, 1.82) is 0 Å². The molecule has 8 heteroatoms. The summed E-state index contributed by atoms with van der Waals surface area (Å²) in [6, 6.07) is 8.19. The highest BCUT2D eigenvalue weighted by molar-refractivity contribution is 8.23. The van der Waals surface area contributed by atoms with E-state index in [9.17, 15) is 13.2 Å². The van der Waals surface area contributed by atoms with Crippen molar-refractivity contribution in [2.24, 2.45) is 0 Å². The molecule has 0 aliphatic heterocycles. The van der Waals surface area contributed by atoms with Crippen molar-refractivity contribution < 1.29 is 17.9 Å². The lowest BCUT2D eigenvalue weighted by atomic mass is 10.3. The van der Waals surface area contributed by atoms with Gasteiger partial charge in [0.25, 0.3) is 5.91 Å². The van der Waals surface area contributed by atoms with Crippen LogP contribution < -0.4 is 4.31 Å². The summed E-state index contributed by atoms with van der Waals surface area (Å²) in [4.78, 5) is 12.1. The molecule has 1 rings (SSSR count). The maximum Gasteiger partial charge on any atom is 0.251 e. The molecule has 0 heterocycles. The van der Waals surface area contributed by atoms with E-state index in [-0.39, 0.29) is 10.1 Å². The molecule has 1 amide bonds. The zero-order valence-electron chi connectivity index (χ0n) is 11.1. The molecule has 0 unspecified atom stereocenters. The van der Waals surface area contributed by atoms with Crippen molar-refractivity contribution in [1.82, 2.24) is 0 Å². The lowest BCUT2D eigenvalue weighted by Gasteiger charge is -2.20. The molecule has 0 saturated carbocycles. The third-order valence-corrected chi connectivity index (χ3v) is 4.42. The van der Waals surface area contributed by atoms with E-state index in [2.05, 4.69) is 0 Å². The molecule has 0 fully saturated rings. The molecule has 1 aromatic carbocycles. The second-order valence-corrected chi connectivity index (χ2v) is 7.14. The van der Waals surface area contributed by atoms with Crippen LogP contribution in [0.15, 0.2) is 30.3 Å². The second kappa shape index (κ2) is 7.61. The molecule has 0 aliphatic carbocycles. The Morgan fingerprint density at radius 2 is 1.95 bits per heavy atom. The van der Waals surface area contributed by atoms with Crippen LogP contribution in [0.2, 0.25) is 0 Å². The summed E-state index contributed by atoms with van der Waals surface area (Å²) in [6.07, 6.45) is 0.990. The monoisotopic (exact) mass is 333 g/mol. The summed E-state index contributed by atoms with van der Waals surface area (Å²) in [5.74, 6) is -0.661. The molecule has 0 aliphatic rings. The number of nitrogens with zero attached hydrogens (tertiary/aromatic N) is 1. The van der Waals surface area contributed by atoms with E-state index in [0.717, 1.165) is 22.3 Å². The average molecular weight is 333 g/mol. The molecule has 0 radical (unpaired) electrons. The Labute approximate surface area is 128 Å². The van der Waals surface area contributed by atoms with Crippen LogP contribution in [0, 0.1) is 0 Å². The SMILES string of the molecule is CCOC(=S)SCC(=O)N(c1ccccc1)S(C)(=O)=O. The zero-order valence-corrected chi connectivity index (χ0v) is 13.6. The Morgan fingerprint density at radius 3 is 2.45 bits per heavy atom. The van der Waals surface area contributed by atoms with E-state index in [1.54, 1.807) is 37.3 Å². The van der Waals surface area contributed by atoms with Crippen LogP contribution >= 0.6 is 24.0 Å². The first kappa shape index (κ1) is 16.9. The van der Waals surface area contributed by atoms with Crippen LogP contribution in [0.3, 0.4) is 0 Å². The van der Waals surface area contributed by atoms with Crippen molar-refractivity contribution in [2.75, 3.05) is 22.9 Å². The van der Waals surface area contributed by atoms with Crippen LogP contribution in [-0.4, -0.2) is 37.3 Å². The van der Waals surface area contributed by atoms with Crippen LogP contribution in [0.4, 0.5) is 5.69 Å². The molecule has 1 aromatic rings. The highest BCUT2D eigenvalue weighted by Gasteiger charge is 2.25. The highest BCUT2D eigenvalue weighted by atomic mass is 32.2. The Hall–Kier alpha value is -1.12. The predicted octanol–water partition coefficient (Wildman–Crippen LogP) is 2.03. The van der Waals surface area contributed by atoms with Crippen molar-refractivity contribution in [3.63, 3.8) is 0 Å². The van der Waals surface area contributed by atoms with Crippen LogP contribution in [0.5, 0.6) is 0 Å². The predicted molar refractivity (Wildman–Crippen MR) is 85.5 cm³/mol. The van der Waals surface area contributed by atoms with Gasteiger partial charge in [-0.3, -0.25) is 4.79 Å². The average Bonchev–Trinajstić information content (AvgIpc) is 2.36. The van der Waals surface area contributed by atoms with Crippen molar-refractivity contribution >= 4 is 50.0 Å². The summed E-state index contributed by atoms with van der Waals surface area (Å²) < 4.78 is 29.6. The van der Waals surface area contributed by atoms with E-state index in [1.165, 1.54) is 0 Å². The van der Waals surface area contributed by atoms with E-state index >= 15 is 0 Å². The molecule has 0 spiro atoms. The van der Waals surface area contributed by atoms with Crippen molar-refractivity contribution in [2.45, 2.75) is 6.92 Å². The Kier molecular flexibility index (Phi) is 6.44. The van der Waals surface area contributed by atoms with Gasteiger partial charge in [-0.05, 0) is 31.3 Å². The number of rotatable bonds is 5. The van der Waals surface area contributed by atoms with Gasteiger partial charge in [0, 0.05) is 0 Å². The van der Waals surface area contributed by atoms with E-state index in [1.807, 2.05) is 0 Å². The second-order valence-electron chi connectivity index (χ2n) is 3.73. The van der Waals surface area contributed by atoms with Crippen molar-refractivity contribution in [3.8, 4) is 0 Å². The number of amides is 1. The molecule has 0 aromatic heterocycles. The van der Waals surface area contributed by atoms with Gasteiger partial charge in [-0.15, -0.1) is 0 Å². The number of thiocarbonyl (C=S) groups is 1. The van der Waals surface area contributed by atoms with E-state index in [0.29, 0.717) is 12.3 Å². The molecule has 5 nitrogen and oxygen atoms in total. The molecule has 0 saturated heterocycles. The lowest BCUT2D eigenvalue weighted by molar-refractivity contribution is -0.115. The fraction of sp³-hybridized carbons (Fsp3) is 0.333. The summed E-state index contributed by atoms with van der Waals surface area (Å²) in [5.41, 5.74) is 0.308. The van der Waals surface area contributed by atoms with Gasteiger partial charge >= 0.3 is 0 Å². The number of carbonyl (C=O) groups excluding carboxylic acids is 1. The minimum atomic E-state index is -3.69. The largest absolute Gasteiger partial charge is 0.479 e. The standard InChI is InChI=1S/C12H15NO4S3/c1-3-17-12(18)19-9-11(14)13(20(2,15)16)10-7-5-4-6-8-10/h4-8H,3,9H2,1-2H3. The smallest absolute Gasteiger partial charge is 0.251 e. The molecular formula is C12H15NO4S3. The molecule has 0 bridgehead atoms. The number of ether oxygens (including phenoxy) is 1. The van der Waals surface area contributed by atoms with Gasteiger partial charge in [-0.1, -0.05) is 30.0 Å². The fourth-order valence-corrected chi connectivity index (χ4v) is 3.31. The maximum atomic E-state index is 12.1. The summed E-state index contributed by atoms with van der Waals surface area (Å²) in [5, 5.41) is 0. The van der Waals surface area contributed by atoms with Crippen LogP contribution in [0.1, 0.15) is 6.92 Å². The number of anilines is 1. The number of para-hydroxylation sites is 1. The molecular weight excluding hydrogens is 318 g/mol. The normalized spacial score (nSPS) is 10.9. The summed E-state index contributed by atoms with van der Waals surface area (Å²) in [7, 11) is -3.69. The Balaban J connectivity index is 2.86. The fourth-order valence-electron chi connectivity index (χ4n) is 1.42. The first-order chi connectivity index (χ1) is 9.36. The number of benzene rings is 1. The summed E-state index contributed by atoms with van der Waals surface area (Å²) >= 11 is 5.89. The van der Waals surface area contributed by atoms with Gasteiger partial charge in [0.2, 0.25) is 14.4 Å². The molecule has 0 atom stereocenters. The minimum Gasteiger partial charge on any atom is -0.479 e.